The monoisotopic (exact) mass is 376 g/mol. The van der Waals surface area contributed by atoms with Crippen LogP contribution in [0, 0.1) is 0 Å². The van der Waals surface area contributed by atoms with E-state index in [1.165, 1.54) is 19.1 Å². The average molecular weight is 376 g/mol. The van der Waals surface area contributed by atoms with Crippen LogP contribution in [0.5, 0.6) is 0 Å². The summed E-state index contributed by atoms with van der Waals surface area (Å²) in [5, 5.41) is 4.42. The maximum atomic E-state index is 12.4. The molecule has 0 radical (unpaired) electrons. The zero-order valence-corrected chi connectivity index (χ0v) is 15.1. The quantitative estimate of drug-likeness (QED) is 0.710. The lowest BCUT2D eigenvalue weighted by atomic mass is 10.1. The maximum Gasteiger partial charge on any atom is 0.321 e. The van der Waals surface area contributed by atoms with Crippen molar-refractivity contribution in [2.75, 3.05) is 6.54 Å². The third-order valence-electron chi connectivity index (χ3n) is 4.04. The Morgan fingerprint density at radius 3 is 2.54 bits per heavy atom. The highest BCUT2D eigenvalue weighted by atomic mass is 32.2. The Labute approximate surface area is 151 Å². The van der Waals surface area contributed by atoms with E-state index < -0.39 is 28.6 Å². The summed E-state index contributed by atoms with van der Waals surface area (Å²) in [6.45, 7) is 0.906. The number of sulfonamides is 1. The summed E-state index contributed by atoms with van der Waals surface area (Å²) in [5.41, 5.74) is 0. The molecular formula is C18H20N2O5S. The van der Waals surface area contributed by atoms with Crippen molar-refractivity contribution in [1.29, 1.82) is 0 Å². The Bertz CT molecular complexity index is 938. The van der Waals surface area contributed by atoms with E-state index in [4.69, 9.17) is 4.74 Å². The van der Waals surface area contributed by atoms with Gasteiger partial charge in [-0.15, -0.1) is 0 Å². The molecule has 1 fully saturated rings. The van der Waals surface area contributed by atoms with Gasteiger partial charge in [-0.1, -0.05) is 30.3 Å². The predicted molar refractivity (Wildman–Crippen MR) is 95.9 cm³/mol. The van der Waals surface area contributed by atoms with Crippen molar-refractivity contribution in [3.63, 3.8) is 0 Å². The van der Waals surface area contributed by atoms with E-state index in [1.807, 2.05) is 24.3 Å². The minimum atomic E-state index is -3.86. The van der Waals surface area contributed by atoms with Crippen LogP contribution in [0.25, 0.3) is 10.8 Å². The van der Waals surface area contributed by atoms with Crippen LogP contribution >= 0.6 is 0 Å². The second kappa shape index (κ2) is 7.43. The highest BCUT2D eigenvalue weighted by Crippen LogP contribution is 2.19. The zero-order valence-electron chi connectivity index (χ0n) is 14.3. The van der Waals surface area contributed by atoms with Crippen molar-refractivity contribution in [3.8, 4) is 0 Å². The maximum absolute atomic E-state index is 12.4. The molecule has 0 saturated heterocycles. The number of carbonyl (C=O) groups is 2. The number of amides is 1. The number of hydrogen-bond donors (Lipinski definition) is 2. The fourth-order valence-electron chi connectivity index (χ4n) is 2.41. The molecule has 0 spiro atoms. The van der Waals surface area contributed by atoms with Crippen LogP contribution in [0.4, 0.5) is 0 Å². The number of nitrogens with one attached hydrogen (secondary N) is 2. The molecule has 8 heteroatoms. The number of benzene rings is 2. The van der Waals surface area contributed by atoms with Crippen molar-refractivity contribution in [1.82, 2.24) is 10.0 Å². The summed E-state index contributed by atoms with van der Waals surface area (Å²) in [4.78, 5) is 23.6. The first-order valence-corrected chi connectivity index (χ1v) is 9.82. The van der Waals surface area contributed by atoms with E-state index in [-0.39, 0.29) is 16.8 Å². The van der Waals surface area contributed by atoms with Crippen LogP contribution in [0.3, 0.4) is 0 Å². The molecule has 2 aromatic carbocycles. The summed E-state index contributed by atoms with van der Waals surface area (Å²) >= 11 is 0. The number of esters is 1. The van der Waals surface area contributed by atoms with Crippen molar-refractivity contribution in [3.05, 3.63) is 42.5 Å². The molecule has 0 aromatic heterocycles. The molecule has 138 valence electrons. The summed E-state index contributed by atoms with van der Waals surface area (Å²) < 4.78 is 31.9. The van der Waals surface area contributed by atoms with Gasteiger partial charge in [0.15, 0.2) is 6.10 Å². The van der Waals surface area contributed by atoms with Gasteiger partial charge >= 0.3 is 5.97 Å². The first-order chi connectivity index (χ1) is 12.3. The fraction of sp³-hybridized carbons (Fsp3) is 0.333. The molecular weight excluding hydrogens is 356 g/mol. The first kappa shape index (κ1) is 18.3. The van der Waals surface area contributed by atoms with Gasteiger partial charge in [0.25, 0.3) is 5.91 Å². The van der Waals surface area contributed by atoms with Gasteiger partial charge in [0.05, 0.1) is 4.90 Å². The molecule has 1 amide bonds. The minimum Gasteiger partial charge on any atom is -0.452 e. The molecule has 26 heavy (non-hydrogen) atoms. The van der Waals surface area contributed by atoms with Gasteiger partial charge in [-0.25, -0.2) is 8.42 Å². The largest absolute Gasteiger partial charge is 0.452 e. The standard InChI is InChI=1S/C18H20N2O5S/c1-12(18(22)20-15-7-8-15)25-17(21)11-19-26(23,24)16-9-6-13-4-2-3-5-14(13)10-16/h2-6,9-10,12,15,19H,7-8,11H2,1H3,(H,20,22)/t12-/m0/s1. The van der Waals surface area contributed by atoms with Gasteiger partial charge < -0.3 is 10.1 Å². The smallest absolute Gasteiger partial charge is 0.321 e. The minimum absolute atomic E-state index is 0.0588. The summed E-state index contributed by atoms with van der Waals surface area (Å²) in [7, 11) is -3.86. The Hall–Kier alpha value is -2.45. The Morgan fingerprint density at radius 2 is 1.85 bits per heavy atom. The lowest BCUT2D eigenvalue weighted by molar-refractivity contribution is -0.153. The van der Waals surface area contributed by atoms with Gasteiger partial charge in [0, 0.05) is 6.04 Å². The molecule has 7 nitrogen and oxygen atoms in total. The average Bonchev–Trinajstić information content (AvgIpc) is 3.43. The number of ether oxygens (including phenoxy) is 1. The normalized spacial score (nSPS) is 15.4. The lowest BCUT2D eigenvalue weighted by Gasteiger charge is -2.13. The van der Waals surface area contributed by atoms with Crippen molar-refractivity contribution in [2.45, 2.75) is 36.8 Å². The third kappa shape index (κ3) is 4.59. The molecule has 1 aliphatic carbocycles. The number of fused-ring (bicyclic) bond motifs is 1. The fourth-order valence-corrected chi connectivity index (χ4v) is 3.41. The summed E-state index contributed by atoms with van der Waals surface area (Å²) in [6, 6.07) is 12.2. The van der Waals surface area contributed by atoms with E-state index in [1.54, 1.807) is 6.07 Å². The van der Waals surface area contributed by atoms with Crippen LogP contribution in [-0.4, -0.2) is 39.0 Å². The second-order valence-corrected chi connectivity index (χ2v) is 8.02. The molecule has 1 aliphatic rings. The topological polar surface area (TPSA) is 102 Å². The van der Waals surface area contributed by atoms with Gasteiger partial charge in [-0.05, 0) is 42.7 Å². The van der Waals surface area contributed by atoms with Crippen molar-refractivity contribution >= 4 is 32.7 Å². The Kier molecular flexibility index (Phi) is 5.24. The van der Waals surface area contributed by atoms with Crippen LogP contribution in [-0.2, 0) is 24.3 Å². The lowest BCUT2D eigenvalue weighted by Crippen LogP contribution is -2.39. The molecule has 2 aromatic rings. The van der Waals surface area contributed by atoms with E-state index in [0.29, 0.717) is 0 Å². The SMILES string of the molecule is C[C@H](OC(=O)CNS(=O)(=O)c1ccc2ccccc2c1)C(=O)NC1CC1. The number of hydrogen-bond acceptors (Lipinski definition) is 5. The molecule has 0 unspecified atom stereocenters. The van der Waals surface area contributed by atoms with E-state index in [2.05, 4.69) is 10.0 Å². The molecule has 0 heterocycles. The molecule has 1 atom stereocenters. The zero-order chi connectivity index (χ0) is 18.7. The van der Waals surface area contributed by atoms with Crippen molar-refractivity contribution < 1.29 is 22.7 Å². The van der Waals surface area contributed by atoms with Gasteiger partial charge in [-0.3, -0.25) is 9.59 Å². The highest BCUT2D eigenvalue weighted by Gasteiger charge is 2.27. The van der Waals surface area contributed by atoms with Gasteiger partial charge in [0.1, 0.15) is 6.54 Å². The molecule has 0 aliphatic heterocycles. The summed E-state index contributed by atoms with van der Waals surface area (Å²) in [6.07, 6.45) is 0.893. The molecule has 2 N–H and O–H groups in total. The number of carbonyl (C=O) groups excluding carboxylic acids is 2. The van der Waals surface area contributed by atoms with E-state index in [0.717, 1.165) is 23.6 Å². The third-order valence-corrected chi connectivity index (χ3v) is 5.44. The Balaban J connectivity index is 1.57. The van der Waals surface area contributed by atoms with Crippen LogP contribution in [0.1, 0.15) is 19.8 Å². The van der Waals surface area contributed by atoms with Crippen LogP contribution in [0.2, 0.25) is 0 Å². The predicted octanol–water partition coefficient (Wildman–Crippen LogP) is 1.33. The number of rotatable bonds is 7. The highest BCUT2D eigenvalue weighted by molar-refractivity contribution is 7.89. The van der Waals surface area contributed by atoms with Gasteiger partial charge in [-0.2, -0.15) is 4.72 Å². The molecule has 0 bridgehead atoms. The molecule has 1 saturated carbocycles. The second-order valence-electron chi connectivity index (χ2n) is 6.25. The van der Waals surface area contributed by atoms with E-state index in [9.17, 15) is 18.0 Å². The van der Waals surface area contributed by atoms with Crippen molar-refractivity contribution in [2.24, 2.45) is 0 Å². The van der Waals surface area contributed by atoms with Crippen LogP contribution in [0.15, 0.2) is 47.4 Å². The Morgan fingerprint density at radius 1 is 1.15 bits per heavy atom. The van der Waals surface area contributed by atoms with Crippen LogP contribution < -0.4 is 10.0 Å². The first-order valence-electron chi connectivity index (χ1n) is 8.33. The summed E-state index contributed by atoms with van der Waals surface area (Å²) in [5.74, 6) is -1.19. The molecule has 3 rings (SSSR count). The van der Waals surface area contributed by atoms with Gasteiger partial charge in [0.2, 0.25) is 10.0 Å². The van der Waals surface area contributed by atoms with E-state index >= 15 is 0 Å².